The van der Waals surface area contributed by atoms with Gasteiger partial charge in [0.2, 0.25) is 0 Å². The number of aromatic nitrogens is 2. The monoisotopic (exact) mass is 232 g/mol. The highest BCUT2D eigenvalue weighted by atomic mass is 16.6. The number of rotatable bonds is 2. The lowest BCUT2D eigenvalue weighted by molar-refractivity contribution is -0.144. The molecule has 1 aliphatic rings. The number of fused-ring (bicyclic) bond motifs is 1. The van der Waals surface area contributed by atoms with Gasteiger partial charge in [-0.3, -0.25) is 0 Å². The fraction of sp³-hybridized carbons (Fsp3) is 0.333. The minimum atomic E-state index is -0.410. The van der Waals surface area contributed by atoms with Crippen molar-refractivity contribution in [2.24, 2.45) is 0 Å². The minimum absolute atomic E-state index is 0.318. The molecule has 3 rings (SSSR count). The number of esters is 1. The molecule has 1 aliphatic heterocycles. The molecule has 0 amide bonds. The Morgan fingerprint density at radius 1 is 1.53 bits per heavy atom. The predicted octanol–water partition coefficient (Wildman–Crippen LogP) is 1.65. The van der Waals surface area contributed by atoms with E-state index in [9.17, 15) is 4.79 Å². The van der Waals surface area contributed by atoms with Gasteiger partial charge in [-0.2, -0.15) is 0 Å². The Morgan fingerprint density at radius 3 is 3.29 bits per heavy atom. The van der Waals surface area contributed by atoms with Gasteiger partial charge in [0, 0.05) is 12.7 Å². The molecule has 1 N–H and O–H groups in total. The molecule has 1 unspecified atom stereocenters. The van der Waals surface area contributed by atoms with Crippen molar-refractivity contribution in [1.82, 2.24) is 9.97 Å². The summed E-state index contributed by atoms with van der Waals surface area (Å²) in [5.41, 5.74) is 1.70. The van der Waals surface area contributed by atoms with Crippen LogP contribution >= 0.6 is 0 Å². The number of carbonyl (C=O) groups is 1. The van der Waals surface area contributed by atoms with Crippen LogP contribution < -0.4 is 4.74 Å². The second-order valence-corrected chi connectivity index (χ2v) is 4.00. The maximum Gasteiger partial charge on any atom is 0.340 e. The number of nitrogens with one attached hydrogen (secondary N) is 1. The number of ether oxygens (including phenoxy) is 2. The van der Waals surface area contributed by atoms with E-state index in [2.05, 4.69) is 9.97 Å². The van der Waals surface area contributed by atoms with E-state index in [0.29, 0.717) is 12.4 Å². The zero-order valence-corrected chi connectivity index (χ0v) is 9.18. The maximum absolute atomic E-state index is 11.7. The number of aromatic amines is 1. The van der Waals surface area contributed by atoms with E-state index in [1.807, 2.05) is 6.07 Å². The van der Waals surface area contributed by atoms with E-state index < -0.39 is 6.10 Å². The third kappa shape index (κ3) is 2.01. The fourth-order valence-corrected chi connectivity index (χ4v) is 1.92. The smallest absolute Gasteiger partial charge is 0.340 e. The first-order valence-corrected chi connectivity index (χ1v) is 5.59. The Hall–Kier alpha value is -1.88. The number of carbonyl (C=O) groups excluding carboxylic acids is 1. The lowest BCUT2D eigenvalue weighted by atomic mass is 10.2. The van der Waals surface area contributed by atoms with Gasteiger partial charge in [0.05, 0.1) is 17.4 Å². The van der Waals surface area contributed by atoms with Crippen LogP contribution in [0, 0.1) is 0 Å². The third-order valence-electron chi connectivity index (χ3n) is 2.80. The summed E-state index contributed by atoms with van der Waals surface area (Å²) in [5.74, 6) is 0.198. The van der Waals surface area contributed by atoms with Crippen LogP contribution in [0.2, 0.25) is 0 Å². The van der Waals surface area contributed by atoms with Crippen LogP contribution in [0.1, 0.15) is 12.8 Å². The molecule has 0 saturated carbocycles. The lowest BCUT2D eigenvalue weighted by Gasteiger charge is -2.08. The highest BCUT2D eigenvalue weighted by molar-refractivity contribution is 5.80. The third-order valence-corrected chi connectivity index (χ3v) is 2.80. The number of hydrogen-bond donors (Lipinski definition) is 1. The van der Waals surface area contributed by atoms with Crippen LogP contribution in [0.15, 0.2) is 24.5 Å². The summed E-state index contributed by atoms with van der Waals surface area (Å²) in [5, 5.41) is 0. The molecule has 17 heavy (non-hydrogen) atoms. The molecule has 5 nitrogen and oxygen atoms in total. The van der Waals surface area contributed by atoms with Crippen molar-refractivity contribution in [2.75, 3.05) is 6.61 Å². The first-order valence-electron chi connectivity index (χ1n) is 5.59. The molecule has 2 aromatic rings. The minimum Gasteiger partial charge on any atom is -0.425 e. The molecule has 1 aromatic carbocycles. The van der Waals surface area contributed by atoms with Gasteiger partial charge < -0.3 is 14.5 Å². The molecule has 0 radical (unpaired) electrons. The largest absolute Gasteiger partial charge is 0.425 e. The molecular formula is C12H12N2O3. The van der Waals surface area contributed by atoms with Crippen LogP contribution in [0.4, 0.5) is 0 Å². The topological polar surface area (TPSA) is 64.2 Å². The summed E-state index contributed by atoms with van der Waals surface area (Å²) < 4.78 is 10.5. The zero-order chi connectivity index (χ0) is 11.7. The summed E-state index contributed by atoms with van der Waals surface area (Å²) in [6, 6.07) is 5.30. The fourth-order valence-electron chi connectivity index (χ4n) is 1.92. The highest BCUT2D eigenvalue weighted by Crippen LogP contribution is 2.20. The number of benzene rings is 1. The summed E-state index contributed by atoms with van der Waals surface area (Å²) in [6.07, 6.45) is 2.85. The molecule has 1 fully saturated rings. The second kappa shape index (κ2) is 4.18. The molecule has 0 spiro atoms. The van der Waals surface area contributed by atoms with Crippen molar-refractivity contribution in [3.8, 4) is 5.75 Å². The Bertz CT molecular complexity index is 543. The van der Waals surface area contributed by atoms with E-state index in [-0.39, 0.29) is 5.97 Å². The normalized spacial score (nSPS) is 19.6. The average molecular weight is 232 g/mol. The molecule has 0 bridgehead atoms. The molecule has 2 heterocycles. The van der Waals surface area contributed by atoms with E-state index in [1.165, 1.54) is 0 Å². The van der Waals surface area contributed by atoms with E-state index in [1.54, 1.807) is 18.5 Å². The molecule has 88 valence electrons. The van der Waals surface area contributed by atoms with Crippen LogP contribution in [-0.2, 0) is 9.53 Å². The Kier molecular flexibility index (Phi) is 2.53. The lowest BCUT2D eigenvalue weighted by Crippen LogP contribution is -2.24. The van der Waals surface area contributed by atoms with Crippen molar-refractivity contribution < 1.29 is 14.3 Å². The summed E-state index contributed by atoms with van der Waals surface area (Å²) >= 11 is 0. The summed E-state index contributed by atoms with van der Waals surface area (Å²) in [7, 11) is 0. The van der Waals surface area contributed by atoms with Gasteiger partial charge >= 0.3 is 5.97 Å². The average Bonchev–Trinajstić information content (AvgIpc) is 2.99. The predicted molar refractivity (Wildman–Crippen MR) is 60.7 cm³/mol. The van der Waals surface area contributed by atoms with Crippen molar-refractivity contribution in [1.29, 1.82) is 0 Å². The highest BCUT2D eigenvalue weighted by Gasteiger charge is 2.25. The number of imidazole rings is 1. The first kappa shape index (κ1) is 10.3. The Morgan fingerprint density at radius 2 is 2.47 bits per heavy atom. The van der Waals surface area contributed by atoms with E-state index in [0.717, 1.165) is 23.9 Å². The SMILES string of the molecule is O=C(Oc1ccc2nc[nH]c2c1)C1CCCO1. The van der Waals surface area contributed by atoms with Gasteiger partial charge in [-0.1, -0.05) is 0 Å². The van der Waals surface area contributed by atoms with Crippen molar-refractivity contribution in [2.45, 2.75) is 18.9 Å². The van der Waals surface area contributed by atoms with Gasteiger partial charge in [0.1, 0.15) is 5.75 Å². The van der Waals surface area contributed by atoms with Gasteiger partial charge in [-0.05, 0) is 25.0 Å². The zero-order valence-electron chi connectivity index (χ0n) is 9.18. The summed E-state index contributed by atoms with van der Waals surface area (Å²) in [4.78, 5) is 18.8. The van der Waals surface area contributed by atoms with Crippen molar-refractivity contribution >= 4 is 17.0 Å². The van der Waals surface area contributed by atoms with Crippen molar-refractivity contribution in [3.05, 3.63) is 24.5 Å². The van der Waals surface area contributed by atoms with Gasteiger partial charge in [-0.25, -0.2) is 9.78 Å². The number of nitrogens with zero attached hydrogens (tertiary/aromatic N) is 1. The molecule has 1 atom stereocenters. The van der Waals surface area contributed by atoms with E-state index in [4.69, 9.17) is 9.47 Å². The second-order valence-electron chi connectivity index (χ2n) is 4.00. The quantitative estimate of drug-likeness (QED) is 0.631. The van der Waals surface area contributed by atoms with Crippen LogP contribution in [0.5, 0.6) is 5.75 Å². The number of hydrogen-bond acceptors (Lipinski definition) is 4. The number of H-pyrrole nitrogens is 1. The molecule has 0 aliphatic carbocycles. The van der Waals surface area contributed by atoms with E-state index >= 15 is 0 Å². The standard InChI is InChI=1S/C12H12N2O3/c15-12(11-2-1-5-16-11)17-8-3-4-9-10(6-8)14-7-13-9/h3-4,6-7,11H,1-2,5H2,(H,13,14). The summed E-state index contributed by atoms with van der Waals surface area (Å²) in [6.45, 7) is 0.638. The Labute approximate surface area is 97.7 Å². The van der Waals surface area contributed by atoms with Crippen LogP contribution in [0.3, 0.4) is 0 Å². The molecule has 5 heteroatoms. The van der Waals surface area contributed by atoms with Crippen LogP contribution in [0.25, 0.3) is 11.0 Å². The van der Waals surface area contributed by atoms with Crippen molar-refractivity contribution in [3.63, 3.8) is 0 Å². The Balaban J connectivity index is 1.77. The molecular weight excluding hydrogens is 220 g/mol. The maximum atomic E-state index is 11.7. The van der Waals surface area contributed by atoms with Gasteiger partial charge in [-0.15, -0.1) is 0 Å². The van der Waals surface area contributed by atoms with Crippen LogP contribution in [-0.4, -0.2) is 28.6 Å². The molecule has 1 aromatic heterocycles. The van der Waals surface area contributed by atoms with Gasteiger partial charge in [0.25, 0.3) is 0 Å². The van der Waals surface area contributed by atoms with Gasteiger partial charge in [0.15, 0.2) is 6.10 Å². The molecule has 1 saturated heterocycles. The first-order chi connectivity index (χ1) is 8.33.